The van der Waals surface area contributed by atoms with Crippen LogP contribution in [-0.2, 0) is 4.74 Å². The fourth-order valence-electron chi connectivity index (χ4n) is 1.64. The van der Waals surface area contributed by atoms with Gasteiger partial charge in [-0.15, -0.1) is 11.3 Å². The number of ether oxygens (including phenoxy) is 1. The van der Waals surface area contributed by atoms with Crippen molar-refractivity contribution in [1.82, 2.24) is 4.98 Å². The van der Waals surface area contributed by atoms with Crippen LogP contribution in [0.3, 0.4) is 0 Å². The first kappa shape index (κ1) is 15.5. The Kier molecular flexibility index (Phi) is 4.93. The fraction of sp³-hybridized carbons (Fsp3) is 0.214. The number of carbonyl (C=O) groups is 2. The molecule has 5 nitrogen and oxygen atoms in total. The molecule has 0 spiro atoms. The smallest absolute Gasteiger partial charge is 0.341 e. The maximum Gasteiger partial charge on any atom is 0.341 e. The highest BCUT2D eigenvalue weighted by Crippen LogP contribution is 2.28. The van der Waals surface area contributed by atoms with Gasteiger partial charge in [0.1, 0.15) is 10.7 Å². The third kappa shape index (κ3) is 3.80. The second kappa shape index (κ2) is 6.69. The Balaban J connectivity index is 2.21. The van der Waals surface area contributed by atoms with Crippen molar-refractivity contribution < 1.29 is 14.3 Å². The van der Waals surface area contributed by atoms with Crippen molar-refractivity contribution in [1.29, 1.82) is 0 Å². The highest BCUT2D eigenvalue weighted by atomic mass is 35.5. The van der Waals surface area contributed by atoms with Gasteiger partial charge >= 0.3 is 5.97 Å². The van der Waals surface area contributed by atoms with Crippen molar-refractivity contribution in [3.63, 3.8) is 0 Å². The molecular formula is C14H13ClN2O3S. The predicted octanol–water partition coefficient (Wildman–Crippen LogP) is 3.53. The number of carbonyl (C=O) groups excluding carboxylic acids is 2. The lowest BCUT2D eigenvalue weighted by atomic mass is 10.3. The van der Waals surface area contributed by atoms with Crippen LogP contribution in [0, 0.1) is 6.92 Å². The summed E-state index contributed by atoms with van der Waals surface area (Å²) in [5.41, 5.74) is 0.571. The number of halogens is 1. The van der Waals surface area contributed by atoms with Gasteiger partial charge in [0.25, 0.3) is 5.91 Å². The number of amides is 1. The minimum Gasteiger partial charge on any atom is -0.462 e. The molecule has 0 atom stereocenters. The Morgan fingerprint density at radius 3 is 2.81 bits per heavy atom. The zero-order valence-corrected chi connectivity index (χ0v) is 13.0. The van der Waals surface area contributed by atoms with Crippen molar-refractivity contribution in [3.05, 3.63) is 45.6 Å². The van der Waals surface area contributed by atoms with E-state index < -0.39 is 11.9 Å². The molecule has 2 heterocycles. The number of aromatic nitrogens is 1. The molecule has 1 amide bonds. The lowest BCUT2D eigenvalue weighted by Crippen LogP contribution is -2.15. The molecule has 21 heavy (non-hydrogen) atoms. The van der Waals surface area contributed by atoms with E-state index in [0.717, 1.165) is 4.88 Å². The van der Waals surface area contributed by atoms with Crippen LogP contribution in [0.25, 0.3) is 0 Å². The van der Waals surface area contributed by atoms with Gasteiger partial charge in [0, 0.05) is 11.1 Å². The molecule has 0 aliphatic carbocycles. The second-order valence-corrected chi connectivity index (χ2v) is 5.83. The second-order valence-electron chi connectivity index (χ2n) is 4.14. The molecule has 0 aromatic carbocycles. The van der Waals surface area contributed by atoms with Gasteiger partial charge in [0.15, 0.2) is 0 Å². The number of pyridine rings is 1. The molecular weight excluding hydrogens is 312 g/mol. The predicted molar refractivity (Wildman–Crippen MR) is 82.2 cm³/mol. The maximum atomic E-state index is 12.1. The number of esters is 1. The molecule has 0 saturated carbocycles. The zero-order valence-electron chi connectivity index (χ0n) is 11.5. The van der Waals surface area contributed by atoms with Crippen molar-refractivity contribution in [2.75, 3.05) is 11.9 Å². The Morgan fingerprint density at radius 2 is 2.19 bits per heavy atom. The summed E-state index contributed by atoms with van der Waals surface area (Å²) in [5.74, 6) is -0.861. The molecule has 7 heteroatoms. The van der Waals surface area contributed by atoms with Crippen LogP contribution in [0.1, 0.15) is 32.6 Å². The van der Waals surface area contributed by atoms with Gasteiger partial charge in [-0.05, 0) is 32.0 Å². The van der Waals surface area contributed by atoms with Crippen LogP contribution in [-0.4, -0.2) is 23.5 Å². The zero-order chi connectivity index (χ0) is 15.4. The summed E-state index contributed by atoms with van der Waals surface area (Å²) in [7, 11) is 0. The van der Waals surface area contributed by atoms with Crippen LogP contribution < -0.4 is 5.32 Å². The van der Waals surface area contributed by atoms with Gasteiger partial charge < -0.3 is 10.1 Å². The highest BCUT2D eigenvalue weighted by molar-refractivity contribution is 7.16. The molecule has 0 fully saturated rings. The van der Waals surface area contributed by atoms with Crippen LogP contribution >= 0.6 is 22.9 Å². The van der Waals surface area contributed by atoms with Gasteiger partial charge in [-0.25, -0.2) is 9.78 Å². The lowest BCUT2D eigenvalue weighted by molar-refractivity contribution is 0.0528. The van der Waals surface area contributed by atoms with Gasteiger partial charge in [-0.3, -0.25) is 4.79 Å². The number of anilines is 1. The molecule has 110 valence electrons. The first-order valence-corrected chi connectivity index (χ1v) is 7.41. The number of thiophene rings is 1. The quantitative estimate of drug-likeness (QED) is 0.873. The van der Waals surface area contributed by atoms with E-state index in [1.165, 1.54) is 23.6 Å². The van der Waals surface area contributed by atoms with E-state index >= 15 is 0 Å². The summed E-state index contributed by atoms with van der Waals surface area (Å²) < 4.78 is 4.97. The number of hydrogen-bond acceptors (Lipinski definition) is 5. The van der Waals surface area contributed by atoms with Gasteiger partial charge in [-0.1, -0.05) is 11.6 Å². The summed E-state index contributed by atoms with van der Waals surface area (Å²) in [5, 5.41) is 3.58. The SMILES string of the molecule is CCOC(=O)c1cc(C)sc1NC(=O)c1ccc(Cl)cn1. The molecule has 1 N–H and O–H groups in total. The molecule has 0 saturated heterocycles. The summed E-state index contributed by atoms with van der Waals surface area (Å²) in [6.45, 7) is 3.86. The van der Waals surface area contributed by atoms with Gasteiger partial charge in [0.2, 0.25) is 0 Å². The third-order valence-electron chi connectivity index (χ3n) is 2.54. The third-order valence-corrected chi connectivity index (χ3v) is 3.73. The summed E-state index contributed by atoms with van der Waals surface area (Å²) in [4.78, 5) is 28.8. The summed E-state index contributed by atoms with van der Waals surface area (Å²) >= 11 is 7.04. The Morgan fingerprint density at radius 1 is 1.43 bits per heavy atom. The molecule has 0 aliphatic rings. The van der Waals surface area contributed by atoms with E-state index in [0.29, 0.717) is 15.6 Å². The minimum absolute atomic E-state index is 0.222. The Labute approximate surface area is 130 Å². The number of nitrogens with one attached hydrogen (secondary N) is 1. The van der Waals surface area contributed by atoms with E-state index in [9.17, 15) is 9.59 Å². The number of aryl methyl sites for hydroxylation is 1. The van der Waals surface area contributed by atoms with Crippen LogP contribution in [0.2, 0.25) is 5.02 Å². The van der Waals surface area contributed by atoms with Gasteiger partial charge in [-0.2, -0.15) is 0 Å². The number of hydrogen-bond donors (Lipinski definition) is 1. The summed E-state index contributed by atoms with van der Waals surface area (Å²) in [6, 6.07) is 4.78. The first-order chi connectivity index (χ1) is 10.0. The fourth-order valence-corrected chi connectivity index (χ4v) is 2.65. The average Bonchev–Trinajstić information content (AvgIpc) is 2.80. The van der Waals surface area contributed by atoms with Gasteiger partial charge in [0.05, 0.1) is 17.2 Å². The molecule has 2 aromatic heterocycles. The average molecular weight is 325 g/mol. The van der Waals surface area contributed by atoms with Crippen LogP contribution in [0.15, 0.2) is 24.4 Å². The van der Waals surface area contributed by atoms with Crippen molar-refractivity contribution in [3.8, 4) is 0 Å². The largest absolute Gasteiger partial charge is 0.462 e. The molecule has 2 aromatic rings. The van der Waals surface area contributed by atoms with E-state index in [2.05, 4.69) is 10.3 Å². The van der Waals surface area contributed by atoms with E-state index in [1.54, 1.807) is 19.1 Å². The Bertz CT molecular complexity index is 667. The Hall–Kier alpha value is -1.92. The van der Waals surface area contributed by atoms with Crippen molar-refractivity contribution in [2.45, 2.75) is 13.8 Å². The normalized spacial score (nSPS) is 10.2. The van der Waals surface area contributed by atoms with E-state index in [4.69, 9.17) is 16.3 Å². The van der Waals surface area contributed by atoms with Crippen molar-refractivity contribution in [2.24, 2.45) is 0 Å². The highest BCUT2D eigenvalue weighted by Gasteiger charge is 2.18. The van der Waals surface area contributed by atoms with E-state index in [1.807, 2.05) is 6.92 Å². The maximum absolute atomic E-state index is 12.1. The summed E-state index contributed by atoms with van der Waals surface area (Å²) in [6.07, 6.45) is 1.39. The molecule has 0 radical (unpaired) electrons. The van der Waals surface area contributed by atoms with E-state index in [-0.39, 0.29) is 12.3 Å². The first-order valence-electron chi connectivity index (χ1n) is 6.21. The number of rotatable bonds is 4. The topological polar surface area (TPSA) is 68.3 Å². The molecule has 0 unspecified atom stereocenters. The number of nitrogens with zero attached hydrogens (tertiary/aromatic N) is 1. The van der Waals surface area contributed by atoms with Crippen LogP contribution in [0.4, 0.5) is 5.00 Å². The van der Waals surface area contributed by atoms with Crippen LogP contribution in [0.5, 0.6) is 0 Å². The standard InChI is InChI=1S/C14H13ClN2O3S/c1-3-20-14(19)10-6-8(2)21-13(10)17-12(18)11-5-4-9(15)7-16-11/h4-7H,3H2,1-2H3,(H,17,18). The lowest BCUT2D eigenvalue weighted by Gasteiger charge is -2.05. The molecule has 2 rings (SSSR count). The monoisotopic (exact) mass is 324 g/mol. The molecule has 0 aliphatic heterocycles. The molecule has 0 bridgehead atoms. The van der Waals surface area contributed by atoms with Crippen molar-refractivity contribution >= 4 is 39.8 Å². The minimum atomic E-state index is -0.457.